The van der Waals surface area contributed by atoms with Gasteiger partial charge in [0.05, 0.1) is 0 Å². The van der Waals surface area contributed by atoms with E-state index < -0.39 is 0 Å². The van der Waals surface area contributed by atoms with Crippen molar-refractivity contribution in [1.29, 1.82) is 0 Å². The van der Waals surface area contributed by atoms with E-state index in [2.05, 4.69) is 50.4 Å². The van der Waals surface area contributed by atoms with Gasteiger partial charge in [-0.2, -0.15) is 0 Å². The van der Waals surface area contributed by atoms with Crippen LogP contribution in [0.2, 0.25) is 0 Å². The van der Waals surface area contributed by atoms with Gasteiger partial charge < -0.3 is 0 Å². The van der Waals surface area contributed by atoms with Gasteiger partial charge >= 0.3 is 0 Å². The van der Waals surface area contributed by atoms with Crippen molar-refractivity contribution in [2.75, 3.05) is 0 Å². The summed E-state index contributed by atoms with van der Waals surface area (Å²) < 4.78 is 0. The van der Waals surface area contributed by atoms with Gasteiger partial charge in [-0.25, -0.2) is 0 Å². The monoisotopic (exact) mass is 214 g/mol. The Labute approximate surface area is 99.7 Å². The minimum atomic E-state index is 0.867. The van der Waals surface area contributed by atoms with Gasteiger partial charge in [0.15, 0.2) is 0 Å². The molecule has 1 aromatic rings. The van der Waals surface area contributed by atoms with Crippen molar-refractivity contribution in [2.24, 2.45) is 5.92 Å². The van der Waals surface area contributed by atoms with E-state index in [0.717, 1.165) is 11.8 Å². The number of hydrogen-bond donors (Lipinski definition) is 0. The van der Waals surface area contributed by atoms with E-state index in [1.807, 2.05) is 13.8 Å². The summed E-state index contributed by atoms with van der Waals surface area (Å²) in [6, 6.07) is 6.61. The van der Waals surface area contributed by atoms with Crippen LogP contribution in [0.25, 0.3) is 6.08 Å². The number of benzene rings is 1. The molecule has 0 amide bonds. The molecule has 0 aliphatic heterocycles. The minimum Gasteiger partial charge on any atom is -0.106 e. The molecule has 1 aromatic carbocycles. The summed E-state index contributed by atoms with van der Waals surface area (Å²) >= 11 is 0. The van der Waals surface area contributed by atoms with Crippen molar-refractivity contribution in [3.05, 3.63) is 54.1 Å². The molecule has 0 bridgehead atoms. The lowest BCUT2D eigenvalue weighted by atomic mass is 9.93. The molecule has 3 rings (SSSR count). The van der Waals surface area contributed by atoms with Gasteiger partial charge in [0, 0.05) is 0 Å². The summed E-state index contributed by atoms with van der Waals surface area (Å²) in [6.45, 7) is 12.2. The van der Waals surface area contributed by atoms with Crippen LogP contribution in [-0.4, -0.2) is 0 Å². The van der Waals surface area contributed by atoms with Crippen molar-refractivity contribution in [3.8, 4) is 0 Å². The Hall–Kier alpha value is -1.30. The van der Waals surface area contributed by atoms with E-state index in [1.54, 1.807) is 5.56 Å². The maximum Gasteiger partial charge on any atom is -0.00843 e. The Bertz CT molecular complexity index is 374. The fourth-order valence-corrected chi connectivity index (χ4v) is 2.34. The third-order valence-corrected chi connectivity index (χ3v) is 3.09. The fourth-order valence-electron chi connectivity index (χ4n) is 2.34. The van der Waals surface area contributed by atoms with Crippen LogP contribution in [0.1, 0.15) is 42.9 Å². The van der Waals surface area contributed by atoms with Crippen molar-refractivity contribution >= 4 is 6.08 Å². The average molecular weight is 214 g/mol. The Morgan fingerprint density at radius 1 is 1.19 bits per heavy atom. The highest BCUT2D eigenvalue weighted by atomic mass is 14.4. The molecule has 0 heterocycles. The van der Waals surface area contributed by atoms with Crippen molar-refractivity contribution < 1.29 is 0 Å². The van der Waals surface area contributed by atoms with Crippen molar-refractivity contribution in [2.45, 2.75) is 33.1 Å². The predicted molar refractivity (Wildman–Crippen MR) is 73.7 cm³/mol. The summed E-state index contributed by atoms with van der Waals surface area (Å²) in [5.41, 5.74) is 4.54. The van der Waals surface area contributed by atoms with E-state index >= 15 is 0 Å². The standard InChI is InChI=1S/C12H12.C2H6.C2H4/c1-8-3-2-4-9-5-6-10-7-11(10)12(8)9;2*1-2/h2-6,10-11H,7H2,1H3;1-2H3;1-2H2. The minimum absolute atomic E-state index is 0.867. The topological polar surface area (TPSA) is 0 Å². The Morgan fingerprint density at radius 2 is 1.88 bits per heavy atom. The molecule has 2 aliphatic rings. The van der Waals surface area contributed by atoms with Crippen LogP contribution in [-0.2, 0) is 0 Å². The molecule has 16 heavy (non-hydrogen) atoms. The van der Waals surface area contributed by atoms with Crippen molar-refractivity contribution in [1.82, 2.24) is 0 Å². The Morgan fingerprint density at radius 3 is 2.56 bits per heavy atom. The molecule has 0 heteroatoms. The SMILES string of the molecule is C=C.CC.Cc1cccc2c1C1CC1C=C2. The van der Waals surface area contributed by atoms with Gasteiger partial charge in [-0.05, 0) is 41.9 Å². The third kappa shape index (κ3) is 2.27. The molecule has 2 atom stereocenters. The zero-order valence-corrected chi connectivity index (χ0v) is 10.7. The number of aryl methyl sites for hydroxylation is 1. The first-order valence-electron chi connectivity index (χ1n) is 6.14. The molecule has 2 aliphatic carbocycles. The normalized spacial score (nSPS) is 22.7. The predicted octanol–water partition coefficient (Wildman–Crippen LogP) is 4.95. The molecule has 86 valence electrons. The van der Waals surface area contributed by atoms with Gasteiger partial charge in [-0.3, -0.25) is 0 Å². The highest BCUT2D eigenvalue weighted by Crippen LogP contribution is 2.53. The fraction of sp³-hybridized carbons (Fsp3) is 0.375. The Kier molecular flexibility index (Phi) is 4.54. The quantitative estimate of drug-likeness (QED) is 0.536. The maximum absolute atomic E-state index is 3.00. The molecule has 1 saturated carbocycles. The molecule has 0 saturated heterocycles. The van der Waals surface area contributed by atoms with Crippen molar-refractivity contribution in [3.63, 3.8) is 0 Å². The molecule has 0 radical (unpaired) electrons. The molecular formula is C16H22. The summed E-state index contributed by atoms with van der Waals surface area (Å²) in [4.78, 5) is 0. The van der Waals surface area contributed by atoms with E-state index in [-0.39, 0.29) is 0 Å². The second-order valence-electron chi connectivity index (χ2n) is 3.94. The van der Waals surface area contributed by atoms with Gasteiger partial charge in [-0.15, -0.1) is 13.2 Å². The van der Waals surface area contributed by atoms with Gasteiger partial charge in [-0.1, -0.05) is 44.2 Å². The number of rotatable bonds is 0. The second-order valence-corrected chi connectivity index (χ2v) is 3.94. The number of allylic oxidation sites excluding steroid dienone is 1. The van der Waals surface area contributed by atoms with E-state index in [0.29, 0.717) is 0 Å². The van der Waals surface area contributed by atoms with Crippen LogP contribution in [0.3, 0.4) is 0 Å². The lowest BCUT2D eigenvalue weighted by Crippen LogP contribution is -1.95. The summed E-state index contributed by atoms with van der Waals surface area (Å²) in [5, 5.41) is 0. The van der Waals surface area contributed by atoms with Crippen LogP contribution in [0.4, 0.5) is 0 Å². The highest BCUT2D eigenvalue weighted by Gasteiger charge is 2.40. The molecular weight excluding hydrogens is 192 g/mol. The average Bonchev–Trinajstić information content (AvgIpc) is 3.13. The smallest absolute Gasteiger partial charge is 0.00843 e. The zero-order chi connectivity index (χ0) is 12.1. The second kappa shape index (κ2) is 5.69. The lowest BCUT2D eigenvalue weighted by molar-refractivity contribution is 0.982. The molecule has 0 aromatic heterocycles. The first-order valence-corrected chi connectivity index (χ1v) is 6.14. The van der Waals surface area contributed by atoms with Crippen LogP contribution in [0.15, 0.2) is 37.4 Å². The number of hydrogen-bond acceptors (Lipinski definition) is 0. The van der Waals surface area contributed by atoms with E-state index in [9.17, 15) is 0 Å². The van der Waals surface area contributed by atoms with Crippen LogP contribution >= 0.6 is 0 Å². The third-order valence-electron chi connectivity index (χ3n) is 3.09. The molecule has 0 nitrogen and oxygen atoms in total. The van der Waals surface area contributed by atoms with Gasteiger partial charge in [0.1, 0.15) is 0 Å². The number of fused-ring (bicyclic) bond motifs is 3. The van der Waals surface area contributed by atoms with Crippen LogP contribution in [0, 0.1) is 12.8 Å². The van der Waals surface area contributed by atoms with Gasteiger partial charge in [0.25, 0.3) is 0 Å². The Balaban J connectivity index is 0.000000291. The molecule has 2 unspecified atom stereocenters. The summed E-state index contributed by atoms with van der Waals surface area (Å²) in [6.07, 6.45) is 6.04. The maximum atomic E-state index is 3.00. The van der Waals surface area contributed by atoms with Gasteiger partial charge in [0.2, 0.25) is 0 Å². The van der Waals surface area contributed by atoms with E-state index in [4.69, 9.17) is 0 Å². The molecule has 0 spiro atoms. The molecule has 0 N–H and O–H groups in total. The van der Waals surface area contributed by atoms with Crippen LogP contribution < -0.4 is 0 Å². The summed E-state index contributed by atoms with van der Waals surface area (Å²) in [5.74, 6) is 1.74. The lowest BCUT2D eigenvalue weighted by Gasteiger charge is -2.12. The first-order chi connectivity index (χ1) is 7.86. The summed E-state index contributed by atoms with van der Waals surface area (Å²) in [7, 11) is 0. The van der Waals surface area contributed by atoms with Crippen LogP contribution in [0.5, 0.6) is 0 Å². The zero-order valence-electron chi connectivity index (χ0n) is 10.7. The first kappa shape index (κ1) is 12.8. The largest absolute Gasteiger partial charge is 0.106 e. The van der Waals surface area contributed by atoms with E-state index in [1.165, 1.54) is 17.5 Å². The molecule has 1 fully saturated rings. The highest BCUT2D eigenvalue weighted by molar-refractivity contribution is 5.62.